The third kappa shape index (κ3) is 2.44. The minimum atomic E-state index is 0.347. The molecule has 2 fully saturated rings. The van der Waals surface area contributed by atoms with Gasteiger partial charge >= 0.3 is 0 Å². The molecule has 122 valence electrons. The molecular weight excluding hydrogens is 304 g/mol. The zero-order valence-electron chi connectivity index (χ0n) is 13.2. The Hall–Kier alpha value is -2.77. The lowest BCUT2D eigenvalue weighted by atomic mass is 10.2. The van der Waals surface area contributed by atoms with Crippen molar-refractivity contribution in [1.82, 2.24) is 29.9 Å². The quantitative estimate of drug-likeness (QED) is 0.755. The summed E-state index contributed by atoms with van der Waals surface area (Å²) in [6.07, 6.45) is 8.57. The maximum atomic E-state index is 4.66. The van der Waals surface area contributed by atoms with E-state index in [1.807, 2.05) is 12.3 Å². The molecule has 8 nitrogen and oxygen atoms in total. The van der Waals surface area contributed by atoms with Crippen LogP contribution in [-0.4, -0.2) is 49.0 Å². The van der Waals surface area contributed by atoms with Crippen molar-refractivity contribution in [3.8, 4) is 0 Å². The fourth-order valence-electron chi connectivity index (χ4n) is 3.26. The van der Waals surface area contributed by atoms with Gasteiger partial charge in [0.1, 0.15) is 23.5 Å². The van der Waals surface area contributed by atoms with E-state index in [0.29, 0.717) is 17.6 Å². The number of aromatic amines is 1. The first-order chi connectivity index (χ1) is 11.9. The molecule has 0 amide bonds. The van der Waals surface area contributed by atoms with E-state index < -0.39 is 0 Å². The van der Waals surface area contributed by atoms with Gasteiger partial charge in [-0.25, -0.2) is 24.9 Å². The van der Waals surface area contributed by atoms with Crippen molar-refractivity contribution in [3.63, 3.8) is 0 Å². The average Bonchev–Trinajstić information content (AvgIpc) is 3.17. The van der Waals surface area contributed by atoms with E-state index in [1.165, 1.54) is 12.8 Å². The molecule has 8 heteroatoms. The number of hydrogen-bond acceptors (Lipinski definition) is 7. The number of fused-ring (bicyclic) bond motifs is 1. The number of H-pyrrole nitrogens is 1. The van der Waals surface area contributed by atoms with E-state index in [9.17, 15) is 0 Å². The summed E-state index contributed by atoms with van der Waals surface area (Å²) >= 11 is 0. The van der Waals surface area contributed by atoms with Gasteiger partial charge in [-0.15, -0.1) is 0 Å². The molecule has 1 atom stereocenters. The summed E-state index contributed by atoms with van der Waals surface area (Å²) < 4.78 is 0. The number of nitrogens with zero attached hydrogens (tertiary/aromatic N) is 6. The standard InChI is InChI=1S/C16H18N8/c1-2-10(1)14-17-5-3-12(23-14)22-11-4-6-24(7-11)16-13-15(19-8-18-13)20-9-21-16/h3,5,8-11H,1-2,4,6-7H2,(H,17,22,23)(H,18,19,20,21). The largest absolute Gasteiger partial charge is 0.365 e. The van der Waals surface area contributed by atoms with Gasteiger partial charge in [-0.1, -0.05) is 0 Å². The maximum Gasteiger partial charge on any atom is 0.182 e. The van der Waals surface area contributed by atoms with E-state index in [0.717, 1.165) is 42.5 Å². The van der Waals surface area contributed by atoms with Crippen molar-refractivity contribution < 1.29 is 0 Å². The summed E-state index contributed by atoms with van der Waals surface area (Å²) in [5.74, 6) is 3.39. The minimum Gasteiger partial charge on any atom is -0.365 e. The van der Waals surface area contributed by atoms with Crippen LogP contribution in [0.4, 0.5) is 11.6 Å². The lowest BCUT2D eigenvalue weighted by molar-refractivity contribution is 0.793. The molecule has 0 aromatic carbocycles. The highest BCUT2D eigenvalue weighted by Crippen LogP contribution is 2.38. The van der Waals surface area contributed by atoms with Crippen LogP contribution in [0.3, 0.4) is 0 Å². The summed E-state index contributed by atoms with van der Waals surface area (Å²) in [7, 11) is 0. The molecule has 1 aliphatic heterocycles. The number of imidazole rings is 1. The first-order valence-corrected chi connectivity index (χ1v) is 8.35. The SMILES string of the molecule is c1cc(NC2CCN(c3ncnc4nc[nH]c34)C2)nc(C2CC2)n1. The Balaban J connectivity index is 1.32. The normalized spacial score (nSPS) is 20.7. The molecule has 3 aromatic rings. The fraction of sp³-hybridized carbons (Fsp3) is 0.438. The van der Waals surface area contributed by atoms with Crippen molar-refractivity contribution in [2.75, 3.05) is 23.3 Å². The van der Waals surface area contributed by atoms with Crippen LogP contribution in [0.15, 0.2) is 24.9 Å². The van der Waals surface area contributed by atoms with Gasteiger partial charge in [-0.05, 0) is 25.3 Å². The number of nitrogens with one attached hydrogen (secondary N) is 2. The van der Waals surface area contributed by atoms with Gasteiger partial charge in [0.15, 0.2) is 11.5 Å². The Morgan fingerprint density at radius 3 is 3.00 bits per heavy atom. The molecule has 0 spiro atoms. The summed E-state index contributed by atoms with van der Waals surface area (Å²) in [6.45, 7) is 1.83. The number of anilines is 2. The second-order valence-corrected chi connectivity index (χ2v) is 6.45. The molecule has 1 saturated carbocycles. The predicted octanol–water partition coefficient (Wildman–Crippen LogP) is 1.71. The Kier molecular flexibility index (Phi) is 3.07. The second kappa shape index (κ2) is 5.40. The maximum absolute atomic E-state index is 4.66. The molecule has 0 radical (unpaired) electrons. The van der Waals surface area contributed by atoms with Crippen LogP contribution in [0.1, 0.15) is 31.0 Å². The average molecular weight is 322 g/mol. The topological polar surface area (TPSA) is 95.5 Å². The molecule has 3 aromatic heterocycles. The molecule has 24 heavy (non-hydrogen) atoms. The zero-order valence-corrected chi connectivity index (χ0v) is 13.2. The van der Waals surface area contributed by atoms with Crippen molar-refractivity contribution >= 4 is 22.8 Å². The highest BCUT2D eigenvalue weighted by atomic mass is 15.3. The van der Waals surface area contributed by atoms with E-state index in [4.69, 9.17) is 0 Å². The monoisotopic (exact) mass is 322 g/mol. The zero-order chi connectivity index (χ0) is 15.9. The lowest BCUT2D eigenvalue weighted by Crippen LogP contribution is -2.27. The van der Waals surface area contributed by atoms with Crippen LogP contribution < -0.4 is 10.2 Å². The van der Waals surface area contributed by atoms with Gasteiger partial charge in [-0.2, -0.15) is 0 Å². The summed E-state index contributed by atoms with van der Waals surface area (Å²) in [4.78, 5) is 27.3. The van der Waals surface area contributed by atoms with Crippen LogP contribution in [0, 0.1) is 0 Å². The van der Waals surface area contributed by atoms with Gasteiger partial charge < -0.3 is 15.2 Å². The van der Waals surface area contributed by atoms with Crippen LogP contribution in [-0.2, 0) is 0 Å². The Labute approximate surface area is 138 Å². The van der Waals surface area contributed by atoms with Gasteiger partial charge in [0.25, 0.3) is 0 Å². The third-order valence-electron chi connectivity index (χ3n) is 4.66. The lowest BCUT2D eigenvalue weighted by Gasteiger charge is -2.18. The fourth-order valence-corrected chi connectivity index (χ4v) is 3.26. The van der Waals surface area contributed by atoms with Gasteiger partial charge in [0.2, 0.25) is 0 Å². The first kappa shape index (κ1) is 13.6. The van der Waals surface area contributed by atoms with Crippen molar-refractivity contribution in [2.45, 2.75) is 31.2 Å². The molecule has 5 rings (SSSR count). The molecule has 0 bridgehead atoms. The summed E-state index contributed by atoms with van der Waals surface area (Å²) in [5.41, 5.74) is 1.61. The van der Waals surface area contributed by atoms with Crippen molar-refractivity contribution in [1.29, 1.82) is 0 Å². The molecule has 2 aliphatic rings. The van der Waals surface area contributed by atoms with Crippen LogP contribution in [0.5, 0.6) is 0 Å². The Morgan fingerprint density at radius 1 is 1.12 bits per heavy atom. The van der Waals surface area contributed by atoms with Crippen molar-refractivity contribution in [2.24, 2.45) is 0 Å². The van der Waals surface area contributed by atoms with Gasteiger partial charge in [0.05, 0.1) is 6.33 Å². The highest BCUT2D eigenvalue weighted by Gasteiger charge is 2.28. The van der Waals surface area contributed by atoms with Crippen LogP contribution >= 0.6 is 0 Å². The van der Waals surface area contributed by atoms with E-state index >= 15 is 0 Å². The number of hydrogen-bond donors (Lipinski definition) is 2. The third-order valence-corrected chi connectivity index (χ3v) is 4.66. The van der Waals surface area contributed by atoms with Crippen LogP contribution in [0.2, 0.25) is 0 Å². The second-order valence-electron chi connectivity index (χ2n) is 6.45. The molecule has 4 heterocycles. The molecular formula is C16H18N8. The van der Waals surface area contributed by atoms with E-state index in [1.54, 1.807) is 12.7 Å². The highest BCUT2D eigenvalue weighted by molar-refractivity contribution is 5.82. The van der Waals surface area contributed by atoms with Crippen LogP contribution in [0.25, 0.3) is 11.2 Å². The molecule has 1 saturated heterocycles. The van der Waals surface area contributed by atoms with Crippen molar-refractivity contribution in [3.05, 3.63) is 30.7 Å². The molecule has 1 aliphatic carbocycles. The van der Waals surface area contributed by atoms with E-state index in [2.05, 4.69) is 40.1 Å². The smallest absolute Gasteiger partial charge is 0.182 e. The Bertz CT molecular complexity index is 871. The molecule has 1 unspecified atom stereocenters. The number of rotatable bonds is 4. The number of aromatic nitrogens is 6. The van der Waals surface area contributed by atoms with Gasteiger partial charge in [0, 0.05) is 31.2 Å². The summed E-state index contributed by atoms with van der Waals surface area (Å²) in [6, 6.07) is 2.30. The summed E-state index contributed by atoms with van der Waals surface area (Å²) in [5, 5.41) is 3.54. The first-order valence-electron chi connectivity index (χ1n) is 8.35. The van der Waals surface area contributed by atoms with E-state index in [-0.39, 0.29) is 0 Å². The Morgan fingerprint density at radius 2 is 2.08 bits per heavy atom. The minimum absolute atomic E-state index is 0.347. The predicted molar refractivity (Wildman–Crippen MR) is 89.9 cm³/mol. The molecule has 2 N–H and O–H groups in total. The van der Waals surface area contributed by atoms with Gasteiger partial charge in [-0.3, -0.25) is 0 Å².